The predicted octanol–water partition coefficient (Wildman–Crippen LogP) is 4.04. The summed E-state index contributed by atoms with van der Waals surface area (Å²) in [6.07, 6.45) is 8.45. The number of para-hydroxylation sites is 1. The molecule has 1 saturated heterocycles. The zero-order valence-corrected chi connectivity index (χ0v) is 13.0. The lowest BCUT2D eigenvalue weighted by molar-refractivity contribution is 0.334. The molecule has 1 unspecified atom stereocenters. The van der Waals surface area contributed by atoms with E-state index in [0.717, 1.165) is 29.4 Å². The number of aliphatic imine (C=N–C) groups is 1. The number of nitrogens with one attached hydrogen (secondary N) is 1. The van der Waals surface area contributed by atoms with Crippen molar-refractivity contribution in [2.75, 3.05) is 13.7 Å². The third kappa shape index (κ3) is 5.16. The molecule has 4 heteroatoms. The SMILES string of the molecule is C=C/C=C\C(=C\OC)CC1CN/C(=N\c2ccccc2)S1. The first kappa shape index (κ1) is 15.4. The van der Waals surface area contributed by atoms with Crippen LogP contribution in [-0.2, 0) is 4.74 Å². The first-order valence-electron chi connectivity index (χ1n) is 6.87. The maximum atomic E-state index is 5.13. The van der Waals surface area contributed by atoms with Crippen LogP contribution < -0.4 is 5.32 Å². The molecule has 0 amide bonds. The van der Waals surface area contributed by atoms with Gasteiger partial charge in [0.15, 0.2) is 5.17 Å². The number of rotatable bonds is 6. The van der Waals surface area contributed by atoms with Gasteiger partial charge in [0.1, 0.15) is 0 Å². The van der Waals surface area contributed by atoms with Gasteiger partial charge < -0.3 is 10.1 Å². The van der Waals surface area contributed by atoms with Crippen LogP contribution in [0.25, 0.3) is 0 Å². The van der Waals surface area contributed by atoms with E-state index < -0.39 is 0 Å². The summed E-state index contributed by atoms with van der Waals surface area (Å²) in [5, 5.41) is 4.80. The molecule has 110 valence electrons. The maximum Gasteiger partial charge on any atom is 0.162 e. The summed E-state index contributed by atoms with van der Waals surface area (Å²) in [4.78, 5) is 4.61. The molecule has 1 aromatic carbocycles. The second-order valence-corrected chi connectivity index (χ2v) is 5.89. The van der Waals surface area contributed by atoms with Gasteiger partial charge in [0.25, 0.3) is 0 Å². The Morgan fingerprint density at radius 2 is 2.29 bits per heavy atom. The number of allylic oxidation sites excluding steroid dienone is 4. The third-order valence-corrected chi connectivity index (χ3v) is 4.05. The van der Waals surface area contributed by atoms with Gasteiger partial charge in [0, 0.05) is 11.8 Å². The standard InChI is InChI=1S/C17H20N2OS/c1-3-4-8-14(13-20-2)11-16-12-18-17(21-16)19-15-9-6-5-7-10-15/h3-10,13,16H,1,11-12H2,2H3,(H,18,19)/b8-4-,14-13-. The summed E-state index contributed by atoms with van der Waals surface area (Å²) in [6, 6.07) is 10.00. The van der Waals surface area contributed by atoms with Crippen molar-refractivity contribution in [1.29, 1.82) is 0 Å². The predicted molar refractivity (Wildman–Crippen MR) is 92.0 cm³/mol. The Kier molecular flexibility index (Phi) is 6.16. The largest absolute Gasteiger partial charge is 0.504 e. The van der Waals surface area contributed by atoms with E-state index in [-0.39, 0.29) is 0 Å². The number of amidine groups is 1. The summed E-state index contributed by atoms with van der Waals surface area (Å²) in [5.74, 6) is 0. The Morgan fingerprint density at radius 3 is 3.00 bits per heavy atom. The van der Waals surface area contributed by atoms with E-state index in [1.54, 1.807) is 31.2 Å². The minimum Gasteiger partial charge on any atom is -0.504 e. The van der Waals surface area contributed by atoms with Crippen LogP contribution >= 0.6 is 11.8 Å². The van der Waals surface area contributed by atoms with E-state index in [2.05, 4.69) is 16.9 Å². The highest BCUT2D eigenvalue weighted by atomic mass is 32.2. The number of nitrogens with zero attached hydrogens (tertiary/aromatic N) is 1. The molecule has 21 heavy (non-hydrogen) atoms. The molecule has 1 aliphatic heterocycles. The molecule has 3 nitrogen and oxygen atoms in total. The number of methoxy groups -OCH3 is 1. The van der Waals surface area contributed by atoms with Crippen LogP contribution in [0.5, 0.6) is 0 Å². The summed E-state index contributed by atoms with van der Waals surface area (Å²) in [5.41, 5.74) is 2.13. The van der Waals surface area contributed by atoms with E-state index in [4.69, 9.17) is 4.74 Å². The maximum absolute atomic E-state index is 5.13. The first-order chi connectivity index (χ1) is 10.3. The summed E-state index contributed by atoms with van der Waals surface area (Å²) < 4.78 is 5.13. The van der Waals surface area contributed by atoms with Crippen molar-refractivity contribution in [3.8, 4) is 0 Å². The highest BCUT2D eigenvalue weighted by Crippen LogP contribution is 2.26. The number of thioether (sulfide) groups is 1. The van der Waals surface area contributed by atoms with Gasteiger partial charge >= 0.3 is 0 Å². The van der Waals surface area contributed by atoms with E-state index in [1.165, 1.54) is 0 Å². The minimum atomic E-state index is 0.461. The number of ether oxygens (including phenoxy) is 1. The molecule has 1 aromatic rings. The summed E-state index contributed by atoms with van der Waals surface area (Å²) in [6.45, 7) is 4.61. The molecule has 1 N–H and O–H groups in total. The van der Waals surface area contributed by atoms with Gasteiger partial charge in [-0.2, -0.15) is 0 Å². The van der Waals surface area contributed by atoms with Crippen LogP contribution in [0.3, 0.4) is 0 Å². The molecule has 0 radical (unpaired) electrons. The zero-order valence-electron chi connectivity index (χ0n) is 12.2. The van der Waals surface area contributed by atoms with Crippen molar-refractivity contribution in [3.05, 3.63) is 67.0 Å². The Bertz CT molecular complexity index is 549. The van der Waals surface area contributed by atoms with Crippen LogP contribution in [0.1, 0.15) is 6.42 Å². The molecule has 1 fully saturated rings. The molecule has 1 heterocycles. The van der Waals surface area contributed by atoms with Crippen LogP contribution in [0.2, 0.25) is 0 Å². The van der Waals surface area contributed by atoms with E-state index in [9.17, 15) is 0 Å². The van der Waals surface area contributed by atoms with Crippen molar-refractivity contribution >= 4 is 22.6 Å². The highest BCUT2D eigenvalue weighted by Gasteiger charge is 2.21. The normalized spacial score (nSPS) is 20.7. The van der Waals surface area contributed by atoms with Gasteiger partial charge in [-0.15, -0.1) is 0 Å². The zero-order chi connectivity index (χ0) is 14.9. The van der Waals surface area contributed by atoms with Crippen LogP contribution in [0.4, 0.5) is 5.69 Å². The minimum absolute atomic E-state index is 0.461. The van der Waals surface area contributed by atoms with E-state index in [0.29, 0.717) is 5.25 Å². The van der Waals surface area contributed by atoms with Gasteiger partial charge in [0.05, 0.1) is 19.1 Å². The van der Waals surface area contributed by atoms with E-state index in [1.807, 2.05) is 42.5 Å². The average molecular weight is 300 g/mol. The lowest BCUT2D eigenvalue weighted by atomic mass is 10.1. The van der Waals surface area contributed by atoms with Gasteiger partial charge in [-0.05, 0) is 24.1 Å². The van der Waals surface area contributed by atoms with Gasteiger partial charge in [-0.1, -0.05) is 54.8 Å². The van der Waals surface area contributed by atoms with Crippen molar-refractivity contribution in [3.63, 3.8) is 0 Å². The monoisotopic (exact) mass is 300 g/mol. The van der Waals surface area contributed by atoms with Crippen molar-refractivity contribution in [1.82, 2.24) is 5.32 Å². The van der Waals surface area contributed by atoms with Crippen LogP contribution in [-0.4, -0.2) is 24.1 Å². The Balaban J connectivity index is 1.95. The Hall–Kier alpha value is -1.94. The smallest absolute Gasteiger partial charge is 0.162 e. The summed E-state index contributed by atoms with van der Waals surface area (Å²) in [7, 11) is 1.67. The van der Waals surface area contributed by atoms with Crippen molar-refractivity contribution < 1.29 is 4.74 Å². The number of benzene rings is 1. The highest BCUT2D eigenvalue weighted by molar-refractivity contribution is 8.14. The topological polar surface area (TPSA) is 33.6 Å². The number of hydrogen-bond acceptors (Lipinski definition) is 3. The first-order valence-corrected chi connectivity index (χ1v) is 7.75. The van der Waals surface area contributed by atoms with Gasteiger partial charge in [-0.25, -0.2) is 4.99 Å². The second-order valence-electron chi connectivity index (χ2n) is 4.60. The fourth-order valence-electron chi connectivity index (χ4n) is 2.00. The van der Waals surface area contributed by atoms with Crippen LogP contribution in [0, 0.1) is 0 Å². The second kappa shape index (κ2) is 8.37. The average Bonchev–Trinajstić information content (AvgIpc) is 2.93. The molecule has 0 aliphatic carbocycles. The molecule has 1 atom stereocenters. The lowest BCUT2D eigenvalue weighted by Gasteiger charge is -2.07. The molecule has 2 rings (SSSR count). The molecule has 0 spiro atoms. The Labute approximate surface area is 130 Å². The van der Waals surface area contributed by atoms with Crippen molar-refractivity contribution in [2.24, 2.45) is 4.99 Å². The summed E-state index contributed by atoms with van der Waals surface area (Å²) >= 11 is 1.78. The fraction of sp³-hybridized carbons (Fsp3) is 0.235. The quantitative estimate of drug-likeness (QED) is 0.636. The molecule has 0 bridgehead atoms. The molecule has 0 saturated carbocycles. The van der Waals surface area contributed by atoms with Gasteiger partial charge in [0.2, 0.25) is 0 Å². The molecule has 0 aromatic heterocycles. The molecular weight excluding hydrogens is 280 g/mol. The third-order valence-electron chi connectivity index (χ3n) is 2.93. The fourth-order valence-corrected chi connectivity index (χ4v) is 3.09. The van der Waals surface area contributed by atoms with Crippen LogP contribution in [0.15, 0.2) is 72.0 Å². The number of hydrogen-bond donors (Lipinski definition) is 1. The van der Waals surface area contributed by atoms with Gasteiger partial charge in [-0.3, -0.25) is 0 Å². The van der Waals surface area contributed by atoms with E-state index >= 15 is 0 Å². The molecular formula is C17H20N2OS. The molecule has 1 aliphatic rings. The van der Waals surface area contributed by atoms with Crippen molar-refractivity contribution in [2.45, 2.75) is 11.7 Å². The Morgan fingerprint density at radius 1 is 1.48 bits per heavy atom. The lowest BCUT2D eigenvalue weighted by Crippen LogP contribution is -2.16.